The van der Waals surface area contributed by atoms with Gasteiger partial charge in [-0.3, -0.25) is 9.80 Å². The van der Waals surface area contributed by atoms with Crippen LogP contribution >= 0.6 is 11.8 Å². The van der Waals surface area contributed by atoms with Crippen LogP contribution in [0, 0.1) is 0 Å². The highest BCUT2D eigenvalue weighted by Crippen LogP contribution is 2.23. The minimum Gasteiger partial charge on any atom is -0.302 e. The second-order valence-electron chi connectivity index (χ2n) is 6.60. The fourth-order valence-electron chi connectivity index (χ4n) is 4.23. The Bertz CT molecular complexity index is 285. The van der Waals surface area contributed by atoms with Gasteiger partial charge in [-0.1, -0.05) is 6.92 Å². The van der Waals surface area contributed by atoms with E-state index >= 15 is 0 Å². The predicted octanol–water partition coefficient (Wildman–Crippen LogP) is 1.98. The zero-order valence-corrected chi connectivity index (χ0v) is 13.9. The normalized spacial score (nSPS) is 31.9. The van der Waals surface area contributed by atoms with Crippen LogP contribution < -0.4 is 0 Å². The lowest BCUT2D eigenvalue weighted by molar-refractivity contribution is 0.0966. The number of thioether (sulfide) groups is 1. The zero-order valence-electron chi connectivity index (χ0n) is 13.1. The van der Waals surface area contributed by atoms with Crippen LogP contribution in [0.4, 0.5) is 0 Å². The van der Waals surface area contributed by atoms with Gasteiger partial charge in [-0.05, 0) is 51.9 Å². The van der Waals surface area contributed by atoms with Gasteiger partial charge in [0.2, 0.25) is 0 Å². The Morgan fingerprint density at radius 2 is 1.70 bits per heavy atom. The number of hydrogen-bond donors (Lipinski definition) is 0. The molecule has 3 saturated heterocycles. The molecule has 0 radical (unpaired) electrons. The summed E-state index contributed by atoms with van der Waals surface area (Å²) in [5, 5.41) is 0. The Kier molecular flexibility index (Phi) is 5.66. The van der Waals surface area contributed by atoms with Crippen molar-refractivity contribution in [2.45, 2.75) is 44.7 Å². The van der Waals surface area contributed by atoms with Crippen LogP contribution in [0.3, 0.4) is 0 Å². The van der Waals surface area contributed by atoms with Crippen molar-refractivity contribution in [3.8, 4) is 0 Å². The molecule has 3 aliphatic rings. The molecule has 3 heterocycles. The number of piperidine rings is 1. The first kappa shape index (κ1) is 15.1. The lowest BCUT2D eigenvalue weighted by Gasteiger charge is -2.41. The molecule has 1 unspecified atom stereocenters. The van der Waals surface area contributed by atoms with E-state index in [1.807, 2.05) is 0 Å². The van der Waals surface area contributed by atoms with Crippen LogP contribution in [-0.2, 0) is 0 Å². The van der Waals surface area contributed by atoms with Crippen LogP contribution in [0.1, 0.15) is 32.6 Å². The summed E-state index contributed by atoms with van der Waals surface area (Å²) in [6, 6.07) is 1.74. The van der Waals surface area contributed by atoms with E-state index in [0.717, 1.165) is 12.1 Å². The van der Waals surface area contributed by atoms with Gasteiger partial charge < -0.3 is 4.90 Å². The first-order chi connectivity index (χ1) is 9.86. The molecule has 0 amide bonds. The summed E-state index contributed by atoms with van der Waals surface area (Å²) in [6.45, 7) is 11.6. The summed E-state index contributed by atoms with van der Waals surface area (Å²) >= 11 is 2.13. The van der Waals surface area contributed by atoms with Crippen molar-refractivity contribution in [3.63, 3.8) is 0 Å². The Morgan fingerprint density at radius 3 is 2.40 bits per heavy atom. The van der Waals surface area contributed by atoms with E-state index in [2.05, 4.69) is 33.4 Å². The SMILES string of the molecule is CCN1CCCC1CN1CCC(N2CCSCC2)CC1. The second-order valence-corrected chi connectivity index (χ2v) is 7.83. The summed E-state index contributed by atoms with van der Waals surface area (Å²) < 4.78 is 0. The van der Waals surface area contributed by atoms with Gasteiger partial charge in [0.1, 0.15) is 0 Å². The summed E-state index contributed by atoms with van der Waals surface area (Å²) in [4.78, 5) is 8.20. The first-order valence-electron chi connectivity index (χ1n) is 8.65. The van der Waals surface area contributed by atoms with Crippen LogP contribution in [0.5, 0.6) is 0 Å². The van der Waals surface area contributed by atoms with Crippen molar-refractivity contribution in [1.29, 1.82) is 0 Å². The molecule has 116 valence electrons. The standard InChI is InChI=1S/C16H31N3S/c1-2-18-7-3-4-16(18)14-17-8-5-15(6-9-17)19-10-12-20-13-11-19/h15-16H,2-14H2,1H3. The lowest BCUT2D eigenvalue weighted by atomic mass is 10.0. The van der Waals surface area contributed by atoms with Gasteiger partial charge in [-0.15, -0.1) is 0 Å². The molecule has 0 aromatic rings. The summed E-state index contributed by atoms with van der Waals surface area (Å²) in [5.41, 5.74) is 0. The fraction of sp³-hybridized carbons (Fsp3) is 1.00. The zero-order chi connectivity index (χ0) is 13.8. The van der Waals surface area contributed by atoms with E-state index in [1.165, 1.54) is 83.0 Å². The molecule has 0 aromatic heterocycles. The van der Waals surface area contributed by atoms with Crippen molar-refractivity contribution in [2.75, 3.05) is 57.3 Å². The van der Waals surface area contributed by atoms with Gasteiger partial charge in [-0.25, -0.2) is 0 Å². The molecule has 0 aliphatic carbocycles. The molecule has 3 aliphatic heterocycles. The highest BCUT2D eigenvalue weighted by atomic mass is 32.2. The van der Waals surface area contributed by atoms with Gasteiger partial charge in [0.15, 0.2) is 0 Å². The molecule has 0 bridgehead atoms. The number of rotatable bonds is 4. The molecule has 0 saturated carbocycles. The number of hydrogen-bond acceptors (Lipinski definition) is 4. The maximum absolute atomic E-state index is 2.77. The van der Waals surface area contributed by atoms with E-state index in [1.54, 1.807) is 0 Å². The smallest absolute Gasteiger partial charge is 0.0223 e. The highest BCUT2D eigenvalue weighted by Gasteiger charge is 2.29. The van der Waals surface area contributed by atoms with Crippen molar-refractivity contribution < 1.29 is 0 Å². The maximum Gasteiger partial charge on any atom is 0.0223 e. The largest absolute Gasteiger partial charge is 0.302 e. The molecule has 20 heavy (non-hydrogen) atoms. The second kappa shape index (κ2) is 7.48. The van der Waals surface area contributed by atoms with Crippen molar-refractivity contribution >= 4 is 11.8 Å². The number of nitrogens with zero attached hydrogens (tertiary/aromatic N) is 3. The van der Waals surface area contributed by atoms with Gasteiger partial charge in [0, 0.05) is 43.2 Å². The van der Waals surface area contributed by atoms with Crippen LogP contribution in [0.25, 0.3) is 0 Å². The van der Waals surface area contributed by atoms with E-state index in [9.17, 15) is 0 Å². The number of likely N-dealkylation sites (N-methyl/N-ethyl adjacent to an activating group) is 1. The maximum atomic E-state index is 2.77. The quantitative estimate of drug-likeness (QED) is 0.784. The molecule has 1 atom stereocenters. The minimum atomic E-state index is 0.850. The minimum absolute atomic E-state index is 0.850. The molecule has 4 heteroatoms. The van der Waals surface area contributed by atoms with Gasteiger partial charge in [0.25, 0.3) is 0 Å². The van der Waals surface area contributed by atoms with E-state index in [4.69, 9.17) is 0 Å². The van der Waals surface area contributed by atoms with Crippen LogP contribution in [0.2, 0.25) is 0 Å². The van der Waals surface area contributed by atoms with Crippen LogP contribution in [-0.4, -0.2) is 84.1 Å². The van der Waals surface area contributed by atoms with E-state index < -0.39 is 0 Å². The van der Waals surface area contributed by atoms with Gasteiger partial charge in [0.05, 0.1) is 0 Å². The average Bonchev–Trinajstić information content (AvgIpc) is 2.96. The Morgan fingerprint density at radius 1 is 0.950 bits per heavy atom. The molecule has 0 spiro atoms. The topological polar surface area (TPSA) is 9.72 Å². The van der Waals surface area contributed by atoms with Crippen molar-refractivity contribution in [1.82, 2.24) is 14.7 Å². The Balaban J connectivity index is 1.41. The van der Waals surface area contributed by atoms with Crippen molar-refractivity contribution in [3.05, 3.63) is 0 Å². The number of likely N-dealkylation sites (tertiary alicyclic amines) is 2. The molecular formula is C16H31N3S. The fourth-order valence-corrected chi connectivity index (χ4v) is 5.16. The third-order valence-electron chi connectivity index (χ3n) is 5.49. The van der Waals surface area contributed by atoms with Gasteiger partial charge >= 0.3 is 0 Å². The van der Waals surface area contributed by atoms with Crippen molar-refractivity contribution in [2.24, 2.45) is 0 Å². The first-order valence-corrected chi connectivity index (χ1v) is 9.80. The summed E-state index contributed by atoms with van der Waals surface area (Å²) in [6.07, 6.45) is 5.66. The third-order valence-corrected chi connectivity index (χ3v) is 6.44. The Hall–Kier alpha value is 0.230. The highest BCUT2D eigenvalue weighted by molar-refractivity contribution is 7.99. The Labute approximate surface area is 129 Å². The van der Waals surface area contributed by atoms with E-state index in [-0.39, 0.29) is 0 Å². The molecular weight excluding hydrogens is 266 g/mol. The predicted molar refractivity (Wildman–Crippen MR) is 88.6 cm³/mol. The molecule has 3 rings (SSSR count). The molecule has 0 aromatic carbocycles. The molecule has 3 fully saturated rings. The third kappa shape index (κ3) is 3.70. The van der Waals surface area contributed by atoms with Crippen LogP contribution in [0.15, 0.2) is 0 Å². The van der Waals surface area contributed by atoms with Gasteiger partial charge in [-0.2, -0.15) is 11.8 Å². The average molecular weight is 298 g/mol. The van der Waals surface area contributed by atoms with E-state index in [0.29, 0.717) is 0 Å². The molecule has 3 nitrogen and oxygen atoms in total. The molecule has 0 N–H and O–H groups in total. The summed E-state index contributed by atoms with van der Waals surface area (Å²) in [5.74, 6) is 2.71. The lowest BCUT2D eigenvalue weighted by Crippen LogP contribution is -2.50. The summed E-state index contributed by atoms with van der Waals surface area (Å²) in [7, 11) is 0. The monoisotopic (exact) mass is 297 g/mol.